The number of hydrogen-bond donors (Lipinski definition) is 1. The summed E-state index contributed by atoms with van der Waals surface area (Å²) in [6, 6.07) is 13.2. The minimum atomic E-state index is -0.434. The van der Waals surface area contributed by atoms with Gasteiger partial charge < -0.3 is 14.4 Å². The third kappa shape index (κ3) is 4.74. The van der Waals surface area contributed by atoms with Gasteiger partial charge in [0.05, 0.1) is 26.4 Å². The first kappa shape index (κ1) is 20.4. The number of carbonyl (C=O) groups excluding carboxylic acids is 2. The van der Waals surface area contributed by atoms with Gasteiger partial charge in [-0.1, -0.05) is 19.1 Å². The number of hydrogen-bond acceptors (Lipinski definition) is 5. The van der Waals surface area contributed by atoms with E-state index in [1.165, 1.54) is 11.8 Å². The van der Waals surface area contributed by atoms with Gasteiger partial charge in [-0.2, -0.15) is 5.10 Å². The number of aryl methyl sites for hydroxylation is 1. The zero-order valence-corrected chi connectivity index (χ0v) is 16.8. The van der Waals surface area contributed by atoms with Gasteiger partial charge in [-0.25, -0.2) is 5.43 Å². The van der Waals surface area contributed by atoms with Crippen molar-refractivity contribution in [3.05, 3.63) is 53.6 Å². The molecule has 3 rings (SSSR count). The van der Waals surface area contributed by atoms with Gasteiger partial charge in [0.15, 0.2) is 11.5 Å². The highest BCUT2D eigenvalue weighted by molar-refractivity contribution is 6.00. The highest BCUT2D eigenvalue weighted by Crippen LogP contribution is 2.27. The third-order valence-electron chi connectivity index (χ3n) is 4.95. The second-order valence-corrected chi connectivity index (χ2v) is 6.77. The van der Waals surface area contributed by atoms with Crippen molar-refractivity contribution in [1.29, 1.82) is 0 Å². The topological polar surface area (TPSA) is 80.2 Å². The standard InChI is InChI=1S/C22H25N3O4/c1-4-15-5-8-18(9-6-15)25-14-17(12-21(25)26)22(27)24-23-13-16-7-10-19(28-2)20(11-16)29-3/h5-11,13,17H,4,12,14H2,1-3H3,(H,24,27)/b23-13+/t17-/m0/s1. The smallest absolute Gasteiger partial charge is 0.245 e. The van der Waals surface area contributed by atoms with Crippen LogP contribution in [0, 0.1) is 5.92 Å². The molecule has 1 fully saturated rings. The van der Waals surface area contributed by atoms with E-state index in [2.05, 4.69) is 17.5 Å². The van der Waals surface area contributed by atoms with Gasteiger partial charge in [0, 0.05) is 18.7 Å². The van der Waals surface area contributed by atoms with Crippen LogP contribution in [0.1, 0.15) is 24.5 Å². The molecule has 0 aromatic heterocycles. The molecule has 7 nitrogen and oxygen atoms in total. The molecular formula is C22H25N3O4. The number of anilines is 1. The van der Waals surface area contributed by atoms with E-state index in [0.717, 1.165) is 17.7 Å². The molecule has 1 saturated heterocycles. The Bertz CT molecular complexity index is 909. The number of carbonyl (C=O) groups is 2. The molecule has 1 heterocycles. The minimum absolute atomic E-state index is 0.0572. The number of amides is 2. The van der Waals surface area contributed by atoms with Crippen molar-refractivity contribution in [2.45, 2.75) is 19.8 Å². The maximum atomic E-state index is 12.4. The average molecular weight is 395 g/mol. The van der Waals surface area contributed by atoms with E-state index in [1.54, 1.807) is 37.3 Å². The Morgan fingerprint density at radius 2 is 1.90 bits per heavy atom. The maximum Gasteiger partial charge on any atom is 0.245 e. The van der Waals surface area contributed by atoms with Gasteiger partial charge in [0.25, 0.3) is 0 Å². The van der Waals surface area contributed by atoms with E-state index in [-0.39, 0.29) is 18.2 Å². The number of ether oxygens (including phenoxy) is 2. The first-order valence-electron chi connectivity index (χ1n) is 9.50. The molecule has 0 spiro atoms. The molecule has 1 atom stereocenters. The highest BCUT2D eigenvalue weighted by Gasteiger charge is 2.35. The van der Waals surface area contributed by atoms with Gasteiger partial charge in [0.1, 0.15) is 0 Å². The first-order chi connectivity index (χ1) is 14.0. The number of methoxy groups -OCH3 is 2. The molecule has 29 heavy (non-hydrogen) atoms. The van der Waals surface area contributed by atoms with Crippen molar-refractivity contribution in [3.8, 4) is 11.5 Å². The molecule has 1 aliphatic rings. The van der Waals surface area contributed by atoms with Crippen molar-refractivity contribution in [3.63, 3.8) is 0 Å². The largest absolute Gasteiger partial charge is 0.493 e. The summed E-state index contributed by atoms with van der Waals surface area (Å²) in [6.45, 7) is 2.43. The van der Waals surface area contributed by atoms with E-state index >= 15 is 0 Å². The van der Waals surface area contributed by atoms with Crippen LogP contribution in [0.5, 0.6) is 11.5 Å². The lowest BCUT2D eigenvalue weighted by atomic mass is 10.1. The number of hydrazone groups is 1. The van der Waals surface area contributed by atoms with E-state index in [4.69, 9.17) is 9.47 Å². The number of rotatable bonds is 7. The predicted molar refractivity (Wildman–Crippen MR) is 112 cm³/mol. The van der Waals surface area contributed by atoms with E-state index in [9.17, 15) is 9.59 Å². The Morgan fingerprint density at radius 1 is 1.17 bits per heavy atom. The molecule has 7 heteroatoms. The zero-order valence-electron chi connectivity index (χ0n) is 16.8. The molecule has 0 aliphatic carbocycles. The number of nitrogens with one attached hydrogen (secondary N) is 1. The summed E-state index contributed by atoms with van der Waals surface area (Å²) in [5.74, 6) is 0.427. The fourth-order valence-corrected chi connectivity index (χ4v) is 3.24. The van der Waals surface area contributed by atoms with Gasteiger partial charge in [-0.3, -0.25) is 9.59 Å². The van der Waals surface area contributed by atoms with Crippen LogP contribution in [-0.2, 0) is 16.0 Å². The van der Waals surface area contributed by atoms with Crippen LogP contribution < -0.4 is 19.8 Å². The molecule has 2 amide bonds. The van der Waals surface area contributed by atoms with Crippen molar-refractivity contribution >= 4 is 23.7 Å². The molecule has 1 N–H and O–H groups in total. The minimum Gasteiger partial charge on any atom is -0.493 e. The summed E-state index contributed by atoms with van der Waals surface area (Å²) in [5.41, 5.74) is 5.31. The van der Waals surface area contributed by atoms with Crippen LogP contribution in [-0.4, -0.2) is 38.8 Å². The van der Waals surface area contributed by atoms with Crippen LogP contribution in [0.3, 0.4) is 0 Å². The summed E-state index contributed by atoms with van der Waals surface area (Å²) in [5, 5.41) is 4.01. The van der Waals surface area contributed by atoms with Crippen molar-refractivity contribution in [2.75, 3.05) is 25.7 Å². The molecular weight excluding hydrogens is 370 g/mol. The van der Waals surface area contributed by atoms with Gasteiger partial charge in [-0.15, -0.1) is 0 Å². The predicted octanol–water partition coefficient (Wildman–Crippen LogP) is 2.77. The normalized spacial score (nSPS) is 16.3. The fraction of sp³-hybridized carbons (Fsp3) is 0.318. The Kier molecular flexibility index (Phi) is 6.49. The summed E-state index contributed by atoms with van der Waals surface area (Å²) in [6.07, 6.45) is 2.64. The summed E-state index contributed by atoms with van der Waals surface area (Å²) >= 11 is 0. The second-order valence-electron chi connectivity index (χ2n) is 6.77. The molecule has 2 aromatic rings. The van der Waals surface area contributed by atoms with Crippen LogP contribution in [0.25, 0.3) is 0 Å². The van der Waals surface area contributed by atoms with E-state index < -0.39 is 5.92 Å². The Labute approximate surface area is 170 Å². The molecule has 0 radical (unpaired) electrons. The van der Waals surface area contributed by atoms with Crippen LogP contribution in [0.15, 0.2) is 47.6 Å². The van der Waals surface area contributed by atoms with Gasteiger partial charge in [0.2, 0.25) is 11.8 Å². The lowest BCUT2D eigenvalue weighted by Gasteiger charge is -2.16. The van der Waals surface area contributed by atoms with Crippen LogP contribution >= 0.6 is 0 Å². The van der Waals surface area contributed by atoms with Gasteiger partial charge in [-0.05, 0) is 47.9 Å². The third-order valence-corrected chi connectivity index (χ3v) is 4.95. The average Bonchev–Trinajstić information content (AvgIpc) is 3.15. The molecule has 1 aliphatic heterocycles. The van der Waals surface area contributed by atoms with Gasteiger partial charge >= 0.3 is 0 Å². The van der Waals surface area contributed by atoms with Crippen molar-refractivity contribution < 1.29 is 19.1 Å². The first-order valence-corrected chi connectivity index (χ1v) is 9.50. The lowest BCUT2D eigenvalue weighted by molar-refractivity contribution is -0.126. The SMILES string of the molecule is CCc1ccc(N2C[C@@H](C(=O)N/N=C/c3ccc(OC)c(OC)c3)CC2=O)cc1. The zero-order chi connectivity index (χ0) is 20.8. The maximum absolute atomic E-state index is 12.4. The van der Waals surface area contributed by atoms with Crippen LogP contribution in [0.2, 0.25) is 0 Å². The summed E-state index contributed by atoms with van der Waals surface area (Å²) < 4.78 is 10.4. The van der Waals surface area contributed by atoms with Crippen molar-refractivity contribution in [2.24, 2.45) is 11.0 Å². The monoisotopic (exact) mass is 395 g/mol. The van der Waals surface area contributed by atoms with Crippen LogP contribution in [0.4, 0.5) is 5.69 Å². The van der Waals surface area contributed by atoms with E-state index in [0.29, 0.717) is 18.0 Å². The molecule has 2 aromatic carbocycles. The van der Waals surface area contributed by atoms with E-state index in [1.807, 2.05) is 24.3 Å². The summed E-state index contributed by atoms with van der Waals surface area (Å²) in [4.78, 5) is 26.4. The Balaban J connectivity index is 1.59. The Morgan fingerprint density at radius 3 is 2.55 bits per heavy atom. The molecule has 0 bridgehead atoms. The molecule has 0 unspecified atom stereocenters. The van der Waals surface area contributed by atoms with Crippen molar-refractivity contribution in [1.82, 2.24) is 5.43 Å². The molecule has 152 valence electrons. The molecule has 0 saturated carbocycles. The number of benzene rings is 2. The summed E-state index contributed by atoms with van der Waals surface area (Å²) in [7, 11) is 3.12. The lowest BCUT2D eigenvalue weighted by Crippen LogP contribution is -2.30. The Hall–Kier alpha value is -3.35. The number of nitrogens with zero attached hydrogens (tertiary/aromatic N) is 2. The second kappa shape index (κ2) is 9.23. The fourth-order valence-electron chi connectivity index (χ4n) is 3.24. The highest BCUT2D eigenvalue weighted by atomic mass is 16.5. The quantitative estimate of drug-likeness (QED) is 0.577.